The number of phenolic OH excluding ortho intramolecular Hbond substituents is 1. The van der Waals surface area contributed by atoms with Gasteiger partial charge in [-0.05, 0) is 55.7 Å². The molecule has 2 aliphatic heterocycles. The van der Waals surface area contributed by atoms with Crippen LogP contribution >= 0.6 is 0 Å². The van der Waals surface area contributed by atoms with Gasteiger partial charge in [-0.2, -0.15) is 0 Å². The number of benzene rings is 1. The van der Waals surface area contributed by atoms with Gasteiger partial charge in [-0.1, -0.05) is 52.7 Å². The Balaban J connectivity index is 2.03. The number of hydrogen-bond acceptors (Lipinski definition) is 27. The molecule has 0 spiro atoms. The molecule has 0 bridgehead atoms. The monoisotopic (exact) mass is 1430 g/mol. The number of aliphatic hydroxyl groups is 8. The van der Waals surface area contributed by atoms with Crippen LogP contribution in [0.15, 0.2) is 29.3 Å². The minimum absolute atomic E-state index is 0.0333. The maximum Gasteiger partial charge on any atom is 0.245 e. The first-order valence-electron chi connectivity index (χ1n) is 32.0. The fourth-order valence-electron chi connectivity index (χ4n) is 9.91. The van der Waals surface area contributed by atoms with Crippen LogP contribution < -0.4 is 82.3 Å². The number of aromatic hydroxyl groups is 1. The van der Waals surface area contributed by atoms with Crippen LogP contribution in [0.2, 0.25) is 0 Å². The molecule has 2 fully saturated rings. The molecule has 41 nitrogen and oxygen atoms in total. The largest absolute Gasteiger partial charge is 0.508 e. The molecule has 0 unspecified atom stereocenters. The van der Waals surface area contributed by atoms with Crippen molar-refractivity contribution >= 4 is 76.8 Å². The summed E-state index contributed by atoms with van der Waals surface area (Å²) in [6.45, 7) is 2.55. The van der Waals surface area contributed by atoms with Crippen molar-refractivity contribution in [1.82, 2.24) is 47.9 Å². The van der Waals surface area contributed by atoms with E-state index in [1.807, 2.05) is 0 Å². The van der Waals surface area contributed by atoms with Gasteiger partial charge in [0.05, 0.1) is 45.4 Å². The lowest BCUT2D eigenvalue weighted by Crippen LogP contribution is -2.65. The van der Waals surface area contributed by atoms with E-state index in [0.29, 0.717) is 5.56 Å². The molecule has 21 atom stereocenters. The number of hydrogen-bond donors (Lipinski definition) is 24. The van der Waals surface area contributed by atoms with Crippen LogP contribution in [0.25, 0.3) is 0 Å². The number of aliphatic hydroxyl groups excluding tert-OH is 8. The zero-order valence-electron chi connectivity index (χ0n) is 55.8. The van der Waals surface area contributed by atoms with E-state index in [4.69, 9.17) is 53.3 Å². The normalized spacial score (nSPS) is 23.7. The van der Waals surface area contributed by atoms with E-state index in [9.17, 15) is 103 Å². The summed E-state index contributed by atoms with van der Waals surface area (Å²) in [7, 11) is 0. The molecule has 0 aromatic heterocycles. The van der Waals surface area contributed by atoms with Crippen molar-refractivity contribution in [3.05, 3.63) is 29.8 Å². The molecule has 0 radical (unpaired) electrons. The van der Waals surface area contributed by atoms with E-state index in [2.05, 4.69) is 52.8 Å². The number of carbonyl (C=O) groups is 12. The van der Waals surface area contributed by atoms with Crippen LogP contribution in [-0.2, 0) is 82.9 Å². The molecule has 12 amide bonds. The summed E-state index contributed by atoms with van der Waals surface area (Å²) in [6.07, 6.45) is -21.5. The van der Waals surface area contributed by atoms with Crippen LogP contribution in [-0.4, -0.2) is 278 Å². The van der Waals surface area contributed by atoms with Crippen LogP contribution in [0.1, 0.15) is 85.1 Å². The second kappa shape index (κ2) is 41.9. The maximum atomic E-state index is 14.8. The average molecular weight is 1430 g/mol. The molecule has 0 saturated carbocycles. The van der Waals surface area contributed by atoms with Gasteiger partial charge in [-0.15, -0.1) is 0 Å². The van der Waals surface area contributed by atoms with Crippen molar-refractivity contribution in [2.45, 2.75) is 202 Å². The standard InChI is InChI=1S/C59H98N16O25/c1-6-24(3)40(74-39(82)19-67-50(90)31(70-49(89)26(5)60)17-27-10-12-28(79)13-11-27)55(95)73-34(23-97-57-46(87)44(85)47(36(22-78)99-57)100-58-45(86)43(84)42(83)35(21-77)98-58)54(94)69-30(14-15-37(61)80)51(91)75-41(25(4)7-2)56(96)71-32(18-38(62)81)52(92)72-33(20-76)53(93)68-29(48(63)88)9-8-16-66-59(64)65/h10-13,24-26,29-36,40-47,57-58,76-79,83-87H,6-9,14-23,60H2,1-5H3,(H2,61,80)(H2,62,81)(H2,63,88)(H,67,90)(H,68,93)(H,69,94)(H,70,89)(H,71,96)(H,72,92)(H,73,95)(H,74,82)(H,75,91)(H4,64,65,66)/t24-,25-,26-,29-,30-,31-,32-,33-,34-,35+,36+,40-,41-,42-,43-,44+,45+,46+,47-,57+,58+/m0/s1. The highest BCUT2D eigenvalue weighted by molar-refractivity contribution is 5.99. The Morgan fingerprint density at radius 1 is 0.550 bits per heavy atom. The third-order valence-electron chi connectivity index (χ3n) is 16.2. The highest BCUT2D eigenvalue weighted by Crippen LogP contribution is 2.30. The predicted molar refractivity (Wildman–Crippen MR) is 344 cm³/mol. The summed E-state index contributed by atoms with van der Waals surface area (Å²) in [5.41, 5.74) is 33.2. The quantitative estimate of drug-likeness (QED) is 0.0164. The number of nitrogens with zero attached hydrogens (tertiary/aromatic N) is 1. The first kappa shape index (κ1) is 85.6. The Hall–Kier alpha value is -8.59. The van der Waals surface area contributed by atoms with Crippen LogP contribution in [0, 0.1) is 11.8 Å². The number of primary amides is 3. The minimum Gasteiger partial charge on any atom is -0.508 e. The summed E-state index contributed by atoms with van der Waals surface area (Å²) in [5, 5.41) is 115. The highest BCUT2D eigenvalue weighted by Gasteiger charge is 2.51. The molecule has 2 heterocycles. The van der Waals surface area contributed by atoms with E-state index in [1.165, 1.54) is 45.0 Å². The molecule has 2 saturated heterocycles. The van der Waals surface area contributed by atoms with Gasteiger partial charge in [0.25, 0.3) is 0 Å². The third kappa shape index (κ3) is 26.8. The molecular weight excluding hydrogens is 1330 g/mol. The number of phenols is 1. The molecule has 30 N–H and O–H groups in total. The molecule has 1 aromatic carbocycles. The van der Waals surface area contributed by atoms with Crippen molar-refractivity contribution < 1.29 is 122 Å². The minimum atomic E-state index is -2.23. The van der Waals surface area contributed by atoms with Gasteiger partial charge < -0.3 is 147 Å². The summed E-state index contributed by atoms with van der Waals surface area (Å²) in [5.74, 6) is -15.2. The second-order valence-electron chi connectivity index (χ2n) is 24.1. The van der Waals surface area contributed by atoms with Gasteiger partial charge in [0.15, 0.2) is 18.5 Å². The topological polar surface area (TPSA) is 701 Å². The predicted octanol–water partition coefficient (Wildman–Crippen LogP) is -12.3. The SMILES string of the molecule is CC[C@H](C)[C@H](NC(=O)CNC(=O)[C@H](Cc1ccc(O)cc1)NC(=O)[C@H](C)N)C(=O)N[C@@H](CO[C@@H]1O[C@H](CO)[C@H](O[C@H]2O[C@H](CO)[C@H](O)[C@H](O)[C@H]2O)[C@H](O)[C@H]1O)C(=O)N[C@@H](CCC(N)=O)C(=O)N[C@H](C(=O)N[C@@H](CC(N)=O)C(=O)N[C@@H](CO)C(=O)N[C@@H](CCCN=C(N)N)C(N)=O)[C@@H](C)CC. The highest BCUT2D eigenvalue weighted by atomic mass is 16.7. The van der Waals surface area contributed by atoms with E-state index < -0.39 is 251 Å². The molecule has 0 aliphatic carbocycles. The molecule has 100 heavy (non-hydrogen) atoms. The third-order valence-corrected chi connectivity index (χ3v) is 16.2. The number of guanidine groups is 1. The Kier molecular flexibility index (Phi) is 35.8. The van der Waals surface area contributed by atoms with Gasteiger partial charge in [0.1, 0.15) is 103 Å². The number of rotatable bonds is 42. The Morgan fingerprint density at radius 2 is 1.06 bits per heavy atom. The zero-order chi connectivity index (χ0) is 75.4. The second-order valence-corrected chi connectivity index (χ2v) is 24.1. The number of carbonyl (C=O) groups excluding carboxylic acids is 12. The molecular formula is C59H98N16O25. The first-order chi connectivity index (χ1) is 47.0. The smallest absolute Gasteiger partial charge is 0.245 e. The van der Waals surface area contributed by atoms with Crippen LogP contribution in [0.3, 0.4) is 0 Å². The van der Waals surface area contributed by atoms with Crippen LogP contribution in [0.5, 0.6) is 5.75 Å². The van der Waals surface area contributed by atoms with Gasteiger partial charge >= 0.3 is 0 Å². The first-order valence-corrected chi connectivity index (χ1v) is 32.0. The van der Waals surface area contributed by atoms with E-state index in [0.717, 1.165) is 0 Å². The molecule has 1 aromatic rings. The molecule has 2 aliphatic rings. The van der Waals surface area contributed by atoms with E-state index in [-0.39, 0.29) is 50.4 Å². The van der Waals surface area contributed by atoms with Crippen molar-refractivity contribution in [3.63, 3.8) is 0 Å². The van der Waals surface area contributed by atoms with Crippen molar-refractivity contribution in [1.29, 1.82) is 0 Å². The lowest BCUT2D eigenvalue weighted by atomic mass is 9.96. The lowest BCUT2D eigenvalue weighted by molar-refractivity contribution is -0.359. The summed E-state index contributed by atoms with van der Waals surface area (Å²) in [6, 6.07) is -9.20. The van der Waals surface area contributed by atoms with E-state index >= 15 is 0 Å². The molecule has 564 valence electrons. The van der Waals surface area contributed by atoms with Gasteiger partial charge in [-0.25, -0.2) is 0 Å². The Labute approximate surface area is 573 Å². The number of nitrogens with two attached hydrogens (primary N) is 6. The number of nitrogens with one attached hydrogen (secondary N) is 9. The van der Waals surface area contributed by atoms with Crippen molar-refractivity contribution in [2.24, 2.45) is 51.2 Å². The Morgan fingerprint density at radius 3 is 1.60 bits per heavy atom. The maximum absolute atomic E-state index is 14.8. The summed E-state index contributed by atoms with van der Waals surface area (Å²) in [4.78, 5) is 166. The van der Waals surface area contributed by atoms with Crippen molar-refractivity contribution in [3.8, 4) is 5.75 Å². The molecule has 41 heteroatoms. The Bertz CT molecular complexity index is 2950. The molecule has 3 rings (SSSR count). The number of aliphatic imine (C=N–C) groups is 1. The number of amides is 12. The van der Waals surface area contributed by atoms with Gasteiger partial charge in [0.2, 0.25) is 70.9 Å². The van der Waals surface area contributed by atoms with Gasteiger partial charge in [0, 0.05) is 19.4 Å². The van der Waals surface area contributed by atoms with E-state index in [1.54, 1.807) is 13.8 Å². The van der Waals surface area contributed by atoms with Gasteiger partial charge in [-0.3, -0.25) is 62.5 Å². The average Bonchev–Trinajstić information content (AvgIpc) is 0.788. The summed E-state index contributed by atoms with van der Waals surface area (Å²) >= 11 is 0. The fraction of sp³-hybridized carbons (Fsp3) is 0.678. The zero-order valence-corrected chi connectivity index (χ0v) is 55.8. The van der Waals surface area contributed by atoms with Crippen molar-refractivity contribution in [2.75, 3.05) is 39.5 Å². The van der Waals surface area contributed by atoms with Crippen LogP contribution in [0.4, 0.5) is 0 Å². The lowest BCUT2D eigenvalue weighted by Gasteiger charge is -2.46. The number of ether oxygens (including phenoxy) is 4. The fourth-order valence-corrected chi connectivity index (χ4v) is 9.91. The summed E-state index contributed by atoms with van der Waals surface area (Å²) < 4.78 is 22.5.